The summed E-state index contributed by atoms with van der Waals surface area (Å²) in [4.78, 5) is 31.5. The van der Waals surface area contributed by atoms with Gasteiger partial charge in [-0.25, -0.2) is 4.98 Å². The zero-order valence-electron chi connectivity index (χ0n) is 18.3. The Balaban J connectivity index is 1.48. The van der Waals surface area contributed by atoms with E-state index in [2.05, 4.69) is 55.8 Å². The number of carbonyl (C=O) groups excluding carboxylic acids is 2. The third kappa shape index (κ3) is 6.03. The summed E-state index contributed by atoms with van der Waals surface area (Å²) >= 11 is 0. The van der Waals surface area contributed by atoms with Crippen LogP contribution in [0.5, 0.6) is 0 Å². The second-order valence-corrected chi connectivity index (χ2v) is 8.06. The smallest absolute Gasteiger partial charge is 0.240 e. The van der Waals surface area contributed by atoms with Crippen LogP contribution >= 0.6 is 0 Å². The Kier molecular flexibility index (Phi) is 7.09. The van der Waals surface area contributed by atoms with Crippen molar-refractivity contribution in [3.8, 4) is 11.3 Å². The Bertz CT molecular complexity index is 1220. The van der Waals surface area contributed by atoms with Crippen molar-refractivity contribution in [3.05, 3.63) is 67.1 Å². The number of unbranched alkanes of at least 4 members (excludes halogenated alkanes) is 2. The normalized spacial score (nSPS) is 12.0. The first-order chi connectivity index (χ1) is 16.1. The van der Waals surface area contributed by atoms with Crippen LogP contribution in [0, 0.1) is 0 Å². The van der Waals surface area contributed by atoms with Crippen molar-refractivity contribution in [2.24, 2.45) is 5.73 Å². The summed E-state index contributed by atoms with van der Waals surface area (Å²) in [5.41, 5.74) is 7.15. The molecule has 9 nitrogen and oxygen atoms in total. The summed E-state index contributed by atoms with van der Waals surface area (Å²) < 4.78 is 1.61. The molecule has 170 valence electrons. The predicted molar refractivity (Wildman–Crippen MR) is 125 cm³/mol. The van der Waals surface area contributed by atoms with Crippen LogP contribution in [0.1, 0.15) is 44.0 Å². The number of aromatic nitrogens is 5. The van der Waals surface area contributed by atoms with Gasteiger partial charge in [0.1, 0.15) is 25.0 Å². The van der Waals surface area contributed by atoms with Gasteiger partial charge in [-0.05, 0) is 29.7 Å². The van der Waals surface area contributed by atoms with Gasteiger partial charge >= 0.3 is 0 Å². The molecule has 0 fully saturated rings. The second-order valence-electron chi connectivity index (χ2n) is 8.06. The molecular weight excluding hydrogens is 418 g/mol. The molecule has 0 radical (unpaired) electrons. The van der Waals surface area contributed by atoms with Crippen molar-refractivity contribution in [1.82, 2.24) is 30.0 Å². The summed E-state index contributed by atoms with van der Waals surface area (Å²) in [6.45, 7) is 0.128. The van der Waals surface area contributed by atoms with Crippen LogP contribution < -0.4 is 11.1 Å². The lowest BCUT2D eigenvalue weighted by Crippen LogP contribution is -2.32. The van der Waals surface area contributed by atoms with Gasteiger partial charge in [0, 0.05) is 12.0 Å². The van der Waals surface area contributed by atoms with Crippen molar-refractivity contribution >= 4 is 22.6 Å². The molecule has 9 heteroatoms. The summed E-state index contributed by atoms with van der Waals surface area (Å²) in [5, 5.41) is 12.9. The van der Waals surface area contributed by atoms with E-state index < -0.39 is 0 Å². The Morgan fingerprint density at radius 1 is 1.03 bits per heavy atom. The lowest BCUT2D eigenvalue weighted by Gasteiger charge is -2.17. The van der Waals surface area contributed by atoms with E-state index in [1.807, 2.05) is 12.1 Å². The Labute approximate surface area is 191 Å². The lowest BCUT2D eigenvalue weighted by atomic mass is 10.1. The standard InChI is InChI=1S/C24H27N7O2/c25-22(32)9-3-1-2-8-20(29-23(33)14-31-15-27-28-16-31)24-26-13-21(30-24)19-11-10-17-6-4-5-7-18(17)12-19/h4-7,10-13,15-16,20H,1-3,8-9,14H2,(H2,25,32)(H,26,30)(H,29,33). The number of H-pyrrole nitrogens is 1. The number of rotatable bonds is 11. The summed E-state index contributed by atoms with van der Waals surface area (Å²) in [5.74, 6) is 0.255. The molecule has 0 bridgehead atoms. The molecule has 1 unspecified atom stereocenters. The lowest BCUT2D eigenvalue weighted by molar-refractivity contribution is -0.122. The number of nitrogens with two attached hydrogens (primary N) is 1. The monoisotopic (exact) mass is 445 g/mol. The van der Waals surface area contributed by atoms with Gasteiger partial charge in [0.05, 0.1) is 17.9 Å². The summed E-state index contributed by atoms with van der Waals surface area (Å²) in [7, 11) is 0. The van der Waals surface area contributed by atoms with E-state index in [1.54, 1.807) is 10.8 Å². The molecule has 2 aromatic carbocycles. The van der Waals surface area contributed by atoms with Crippen LogP contribution in [0.3, 0.4) is 0 Å². The number of carbonyl (C=O) groups is 2. The van der Waals surface area contributed by atoms with Gasteiger partial charge in [-0.3, -0.25) is 9.59 Å². The highest BCUT2D eigenvalue weighted by Crippen LogP contribution is 2.25. The predicted octanol–water partition coefficient (Wildman–Crippen LogP) is 3.11. The van der Waals surface area contributed by atoms with Crippen LogP contribution in [-0.2, 0) is 16.1 Å². The number of nitrogens with one attached hydrogen (secondary N) is 2. The second kappa shape index (κ2) is 10.5. The minimum Gasteiger partial charge on any atom is -0.370 e. The minimum absolute atomic E-state index is 0.128. The van der Waals surface area contributed by atoms with Crippen LogP contribution in [0.4, 0.5) is 0 Å². The Hall–Kier alpha value is -4.01. The molecule has 0 aliphatic carbocycles. The van der Waals surface area contributed by atoms with E-state index in [1.165, 1.54) is 18.0 Å². The van der Waals surface area contributed by atoms with E-state index in [0.717, 1.165) is 35.9 Å². The quantitative estimate of drug-likeness (QED) is 0.305. The maximum absolute atomic E-state index is 12.6. The van der Waals surface area contributed by atoms with E-state index in [4.69, 9.17) is 5.73 Å². The van der Waals surface area contributed by atoms with E-state index in [9.17, 15) is 9.59 Å². The number of primary amides is 1. The van der Waals surface area contributed by atoms with Crippen LogP contribution in [0.2, 0.25) is 0 Å². The third-order valence-electron chi connectivity index (χ3n) is 5.53. The number of aromatic amines is 1. The maximum Gasteiger partial charge on any atom is 0.240 e. The molecule has 4 aromatic rings. The molecule has 2 aromatic heterocycles. The molecule has 0 saturated heterocycles. The van der Waals surface area contributed by atoms with Gasteiger partial charge in [0.25, 0.3) is 0 Å². The van der Waals surface area contributed by atoms with E-state index >= 15 is 0 Å². The first kappa shape index (κ1) is 22.2. The van der Waals surface area contributed by atoms with Crippen LogP contribution in [0.25, 0.3) is 22.0 Å². The first-order valence-electron chi connectivity index (χ1n) is 11.0. The fourth-order valence-electron chi connectivity index (χ4n) is 3.83. The van der Waals surface area contributed by atoms with Crippen molar-refractivity contribution < 1.29 is 9.59 Å². The number of hydrogen-bond donors (Lipinski definition) is 3. The summed E-state index contributed by atoms with van der Waals surface area (Å²) in [6, 6.07) is 14.2. The molecule has 1 atom stereocenters. The summed E-state index contributed by atoms with van der Waals surface area (Å²) in [6.07, 6.45) is 8.28. The highest BCUT2D eigenvalue weighted by Gasteiger charge is 2.18. The fourth-order valence-corrected chi connectivity index (χ4v) is 3.83. The van der Waals surface area contributed by atoms with E-state index in [-0.39, 0.29) is 24.4 Å². The van der Waals surface area contributed by atoms with Crippen molar-refractivity contribution in [1.29, 1.82) is 0 Å². The fraction of sp³-hybridized carbons (Fsp3) is 0.292. The molecule has 0 aliphatic rings. The topological polar surface area (TPSA) is 132 Å². The SMILES string of the molecule is NC(=O)CCCCCC(NC(=O)Cn1cnnc1)c1ncc(-c2ccc3ccccc3c2)[nH]1. The molecule has 0 aliphatic heterocycles. The number of fused-ring (bicyclic) bond motifs is 1. The van der Waals surface area contributed by atoms with Gasteiger partial charge in [-0.15, -0.1) is 10.2 Å². The van der Waals surface area contributed by atoms with Gasteiger partial charge in [0.2, 0.25) is 11.8 Å². The molecular formula is C24H27N7O2. The van der Waals surface area contributed by atoms with Gasteiger partial charge in [-0.2, -0.15) is 0 Å². The number of hydrogen-bond acceptors (Lipinski definition) is 5. The van der Waals surface area contributed by atoms with Crippen LogP contribution in [-0.4, -0.2) is 36.5 Å². The molecule has 0 spiro atoms. The van der Waals surface area contributed by atoms with Gasteiger partial charge < -0.3 is 20.6 Å². The van der Waals surface area contributed by atoms with E-state index in [0.29, 0.717) is 18.7 Å². The number of benzene rings is 2. The molecule has 2 amide bonds. The zero-order chi connectivity index (χ0) is 23.0. The molecule has 33 heavy (non-hydrogen) atoms. The van der Waals surface area contributed by atoms with Crippen molar-refractivity contribution in [2.75, 3.05) is 0 Å². The number of nitrogens with zero attached hydrogens (tertiary/aromatic N) is 4. The molecule has 2 heterocycles. The average molecular weight is 446 g/mol. The Morgan fingerprint density at radius 2 is 1.82 bits per heavy atom. The third-order valence-corrected chi connectivity index (χ3v) is 5.53. The zero-order valence-corrected chi connectivity index (χ0v) is 18.3. The highest BCUT2D eigenvalue weighted by molar-refractivity contribution is 5.86. The van der Waals surface area contributed by atoms with Crippen LogP contribution in [0.15, 0.2) is 61.3 Å². The number of amides is 2. The minimum atomic E-state index is -0.292. The molecule has 4 rings (SSSR count). The first-order valence-corrected chi connectivity index (χ1v) is 11.0. The van der Waals surface area contributed by atoms with Gasteiger partial charge in [-0.1, -0.05) is 49.2 Å². The van der Waals surface area contributed by atoms with Crippen molar-refractivity contribution in [2.45, 2.75) is 44.7 Å². The Morgan fingerprint density at radius 3 is 2.61 bits per heavy atom. The van der Waals surface area contributed by atoms with Gasteiger partial charge in [0.15, 0.2) is 0 Å². The highest BCUT2D eigenvalue weighted by atomic mass is 16.2. The number of imidazole rings is 1. The average Bonchev–Trinajstić information content (AvgIpc) is 3.50. The largest absolute Gasteiger partial charge is 0.370 e. The maximum atomic E-state index is 12.6. The molecule has 0 saturated carbocycles. The molecule has 4 N–H and O–H groups in total. The van der Waals surface area contributed by atoms with Crippen molar-refractivity contribution in [3.63, 3.8) is 0 Å².